The van der Waals surface area contributed by atoms with E-state index in [4.69, 9.17) is 18.9 Å². The first-order valence-electron chi connectivity index (χ1n) is 14.4. The molecule has 0 aliphatic carbocycles. The fourth-order valence-electron chi connectivity index (χ4n) is 4.14. The number of carbonyl (C=O) groups excluding carboxylic acids is 4. The van der Waals surface area contributed by atoms with Gasteiger partial charge in [0.25, 0.3) is 0 Å². The number of ether oxygens (including phenoxy) is 4. The first-order chi connectivity index (χ1) is 21.1. The van der Waals surface area contributed by atoms with E-state index < -0.39 is 82.3 Å². The molecule has 1 atom stereocenters. The number of rotatable bonds is 16. The zero-order valence-electron chi connectivity index (χ0n) is 26.0. The number of hydrogen-bond acceptors (Lipinski definition) is 8. The second-order valence-electron chi connectivity index (χ2n) is 11.2. The SMILES string of the molecule is CCC(C)(CCCC(C)(C)C(=O)OCCOC(=O)/C=C/c1ccccc1)C(=O)OCCOC(=O)c1c(F)c(C)c(F)c(F)c1F. The Kier molecular flexibility index (Phi) is 13.8. The largest absolute Gasteiger partial charge is 0.462 e. The van der Waals surface area contributed by atoms with E-state index in [2.05, 4.69) is 0 Å². The highest BCUT2D eigenvalue weighted by Crippen LogP contribution is 2.34. The molecule has 8 nitrogen and oxygen atoms in total. The molecule has 1 unspecified atom stereocenters. The predicted octanol–water partition coefficient (Wildman–Crippen LogP) is 6.66. The highest BCUT2D eigenvalue weighted by molar-refractivity contribution is 5.90. The summed E-state index contributed by atoms with van der Waals surface area (Å²) >= 11 is 0. The van der Waals surface area contributed by atoms with Gasteiger partial charge in [-0.3, -0.25) is 9.59 Å². The van der Waals surface area contributed by atoms with Gasteiger partial charge in [-0.1, -0.05) is 43.7 Å². The fraction of sp³-hybridized carbons (Fsp3) is 0.455. The second kappa shape index (κ2) is 16.7. The van der Waals surface area contributed by atoms with Gasteiger partial charge in [-0.15, -0.1) is 0 Å². The molecule has 0 spiro atoms. The minimum atomic E-state index is -2.02. The number of halogens is 4. The van der Waals surface area contributed by atoms with Crippen molar-refractivity contribution in [3.8, 4) is 0 Å². The van der Waals surface area contributed by atoms with Crippen LogP contribution in [0, 0.1) is 41.0 Å². The van der Waals surface area contributed by atoms with Crippen molar-refractivity contribution in [3.63, 3.8) is 0 Å². The van der Waals surface area contributed by atoms with Crippen LogP contribution in [-0.4, -0.2) is 50.3 Å². The molecule has 45 heavy (non-hydrogen) atoms. The Bertz CT molecular complexity index is 1360. The standard InChI is InChI=1S/C33H38F4O8/c1-6-33(5,31(41)45-20-18-43-29(39)24-25(34)21(2)26(35)28(37)27(24)36)16-10-15-32(3,4)30(40)44-19-17-42-23(38)14-13-22-11-8-7-9-12-22/h7-9,11-14H,6,10,15-20H2,1-5H3/b14-13+. The van der Waals surface area contributed by atoms with Gasteiger partial charge in [0, 0.05) is 11.6 Å². The third-order valence-electron chi connectivity index (χ3n) is 7.36. The van der Waals surface area contributed by atoms with Crippen LogP contribution >= 0.6 is 0 Å². The normalized spacial score (nSPS) is 12.8. The van der Waals surface area contributed by atoms with Crippen molar-refractivity contribution in [2.24, 2.45) is 10.8 Å². The molecule has 0 bridgehead atoms. The quantitative estimate of drug-likeness (QED) is 0.0382. The number of esters is 4. The van der Waals surface area contributed by atoms with E-state index in [1.807, 2.05) is 30.3 Å². The minimum Gasteiger partial charge on any atom is -0.462 e. The minimum absolute atomic E-state index is 0.112. The Balaban J connectivity index is 1.75. The molecule has 0 heterocycles. The van der Waals surface area contributed by atoms with Gasteiger partial charge in [-0.25, -0.2) is 27.2 Å². The molecule has 0 aromatic heterocycles. The first kappa shape index (κ1) is 37.0. The zero-order chi connectivity index (χ0) is 33.8. The lowest BCUT2D eigenvalue weighted by Crippen LogP contribution is -2.32. The summed E-state index contributed by atoms with van der Waals surface area (Å²) in [6.45, 7) is 6.41. The van der Waals surface area contributed by atoms with Gasteiger partial charge < -0.3 is 18.9 Å². The molecule has 246 valence electrons. The van der Waals surface area contributed by atoms with Gasteiger partial charge in [0.15, 0.2) is 17.5 Å². The van der Waals surface area contributed by atoms with Crippen molar-refractivity contribution in [2.75, 3.05) is 26.4 Å². The Labute approximate surface area is 259 Å². The maximum atomic E-state index is 14.1. The van der Waals surface area contributed by atoms with Crippen molar-refractivity contribution < 1.29 is 55.7 Å². The third-order valence-corrected chi connectivity index (χ3v) is 7.36. The first-order valence-corrected chi connectivity index (χ1v) is 14.4. The average molecular weight is 639 g/mol. The van der Waals surface area contributed by atoms with Crippen LogP contribution in [0.4, 0.5) is 17.6 Å². The Morgan fingerprint density at radius 1 is 0.733 bits per heavy atom. The number of carbonyl (C=O) groups is 4. The van der Waals surface area contributed by atoms with E-state index in [0.717, 1.165) is 12.5 Å². The summed E-state index contributed by atoms with van der Waals surface area (Å²) in [5.74, 6) is -10.6. The molecule has 0 aliphatic rings. The fourth-order valence-corrected chi connectivity index (χ4v) is 4.14. The molecule has 0 N–H and O–H groups in total. The maximum absolute atomic E-state index is 14.1. The van der Waals surface area contributed by atoms with Crippen LogP contribution in [0.3, 0.4) is 0 Å². The van der Waals surface area contributed by atoms with Crippen molar-refractivity contribution in [2.45, 2.75) is 60.3 Å². The summed E-state index contributed by atoms with van der Waals surface area (Å²) in [6.07, 6.45) is 4.43. The maximum Gasteiger partial charge on any atom is 0.344 e. The monoisotopic (exact) mass is 638 g/mol. The van der Waals surface area contributed by atoms with E-state index in [-0.39, 0.29) is 13.2 Å². The van der Waals surface area contributed by atoms with Crippen LogP contribution < -0.4 is 0 Å². The van der Waals surface area contributed by atoms with Crippen LogP contribution in [-0.2, 0) is 33.3 Å². The summed E-state index contributed by atoms with van der Waals surface area (Å²) in [6, 6.07) is 9.19. The molecular formula is C33H38F4O8. The number of hydrogen-bond donors (Lipinski definition) is 0. The molecule has 0 fully saturated rings. The van der Waals surface area contributed by atoms with Crippen molar-refractivity contribution in [1.29, 1.82) is 0 Å². The molecule has 0 aliphatic heterocycles. The summed E-state index contributed by atoms with van der Waals surface area (Å²) in [5.41, 5.74) is -3.28. The highest BCUT2D eigenvalue weighted by Gasteiger charge is 2.35. The van der Waals surface area contributed by atoms with Crippen LogP contribution in [0.2, 0.25) is 0 Å². The summed E-state index contributed by atoms with van der Waals surface area (Å²) in [4.78, 5) is 49.3. The summed E-state index contributed by atoms with van der Waals surface area (Å²) < 4.78 is 75.4. The molecule has 12 heteroatoms. The van der Waals surface area contributed by atoms with E-state index in [0.29, 0.717) is 25.7 Å². The third kappa shape index (κ3) is 10.4. The van der Waals surface area contributed by atoms with Crippen LogP contribution in [0.25, 0.3) is 6.08 Å². The molecular weight excluding hydrogens is 600 g/mol. The smallest absolute Gasteiger partial charge is 0.344 e. The summed E-state index contributed by atoms with van der Waals surface area (Å²) in [7, 11) is 0. The van der Waals surface area contributed by atoms with Crippen molar-refractivity contribution in [1.82, 2.24) is 0 Å². The van der Waals surface area contributed by atoms with Crippen LogP contribution in [0.15, 0.2) is 36.4 Å². The van der Waals surface area contributed by atoms with Crippen molar-refractivity contribution in [3.05, 3.63) is 76.4 Å². The summed E-state index contributed by atoms with van der Waals surface area (Å²) in [5, 5.41) is 0. The zero-order valence-corrected chi connectivity index (χ0v) is 26.0. The lowest BCUT2D eigenvalue weighted by Gasteiger charge is -2.28. The Morgan fingerprint density at radius 3 is 1.93 bits per heavy atom. The molecule has 0 saturated carbocycles. The van der Waals surface area contributed by atoms with Gasteiger partial charge in [-0.05, 0) is 58.6 Å². The average Bonchev–Trinajstić information content (AvgIpc) is 3.02. The number of benzene rings is 2. The van der Waals surface area contributed by atoms with Crippen LogP contribution in [0.5, 0.6) is 0 Å². The molecule has 0 saturated heterocycles. The Hall–Kier alpha value is -4.22. The van der Waals surface area contributed by atoms with Gasteiger partial charge in [0.2, 0.25) is 0 Å². The van der Waals surface area contributed by atoms with Gasteiger partial charge in [0.05, 0.1) is 10.8 Å². The van der Waals surface area contributed by atoms with E-state index in [1.54, 1.807) is 33.8 Å². The predicted molar refractivity (Wildman–Crippen MR) is 156 cm³/mol. The molecule has 2 rings (SSSR count). The van der Waals surface area contributed by atoms with Crippen molar-refractivity contribution >= 4 is 30.0 Å². The lowest BCUT2D eigenvalue weighted by atomic mass is 9.79. The topological polar surface area (TPSA) is 105 Å². The van der Waals surface area contributed by atoms with E-state index >= 15 is 0 Å². The molecule has 0 radical (unpaired) electrons. The Morgan fingerprint density at radius 2 is 1.31 bits per heavy atom. The highest BCUT2D eigenvalue weighted by atomic mass is 19.2. The van der Waals surface area contributed by atoms with Crippen LogP contribution in [0.1, 0.15) is 74.9 Å². The van der Waals surface area contributed by atoms with Gasteiger partial charge >= 0.3 is 23.9 Å². The molecule has 2 aromatic carbocycles. The molecule has 2 aromatic rings. The molecule has 0 amide bonds. The van der Waals surface area contributed by atoms with E-state index in [9.17, 15) is 36.7 Å². The lowest BCUT2D eigenvalue weighted by molar-refractivity contribution is -0.158. The van der Waals surface area contributed by atoms with Gasteiger partial charge in [0.1, 0.15) is 37.8 Å². The van der Waals surface area contributed by atoms with Gasteiger partial charge in [-0.2, -0.15) is 0 Å². The van der Waals surface area contributed by atoms with E-state index in [1.165, 1.54) is 6.08 Å². The second-order valence-corrected chi connectivity index (χ2v) is 11.2.